The van der Waals surface area contributed by atoms with Crippen LogP contribution < -0.4 is 5.32 Å². The normalized spacial score (nSPS) is 16.5. The Kier molecular flexibility index (Phi) is 4.35. The second kappa shape index (κ2) is 6.59. The quantitative estimate of drug-likeness (QED) is 0.897. The van der Waals surface area contributed by atoms with E-state index in [0.29, 0.717) is 16.2 Å². The molecular weight excluding hydrogens is 308 g/mol. The van der Waals surface area contributed by atoms with E-state index in [4.69, 9.17) is 5.26 Å². The highest BCUT2D eigenvalue weighted by atomic mass is 32.2. The Balaban J connectivity index is 1.64. The highest BCUT2D eigenvalue weighted by Crippen LogP contribution is 2.44. The number of amides is 1. The topological polar surface area (TPSA) is 73.1 Å². The first-order valence-corrected chi connectivity index (χ1v) is 8.01. The molecule has 0 saturated carbocycles. The Hall–Kier alpha value is -2.71. The van der Waals surface area contributed by atoms with Crippen molar-refractivity contribution in [2.24, 2.45) is 0 Å². The highest BCUT2D eigenvalue weighted by molar-refractivity contribution is 8.04. The second-order valence-corrected chi connectivity index (χ2v) is 6.39. The van der Waals surface area contributed by atoms with Gasteiger partial charge in [-0.2, -0.15) is 5.26 Å². The number of phenolic OH excluding ortho intramolecular Hbond substituents is 1. The molecule has 1 heterocycles. The summed E-state index contributed by atoms with van der Waals surface area (Å²) in [7, 11) is 0. The number of hydrogen-bond acceptors (Lipinski definition) is 4. The number of nitrogens with one attached hydrogen (secondary N) is 1. The summed E-state index contributed by atoms with van der Waals surface area (Å²) in [6.07, 6.45) is 2.67. The number of rotatable bonds is 3. The second-order valence-electron chi connectivity index (χ2n) is 5.15. The number of thioether (sulfide) groups is 1. The van der Waals surface area contributed by atoms with Gasteiger partial charge in [0, 0.05) is 10.9 Å². The van der Waals surface area contributed by atoms with Gasteiger partial charge in [0.15, 0.2) is 0 Å². The number of aromatic hydroxyl groups is 1. The molecule has 2 aromatic rings. The molecule has 0 spiro atoms. The van der Waals surface area contributed by atoms with E-state index >= 15 is 0 Å². The summed E-state index contributed by atoms with van der Waals surface area (Å²) in [6.45, 7) is 0. The lowest BCUT2D eigenvalue weighted by Crippen LogP contribution is -2.11. The minimum Gasteiger partial charge on any atom is -0.508 e. The molecule has 0 fully saturated rings. The van der Waals surface area contributed by atoms with Crippen LogP contribution in [-0.2, 0) is 4.79 Å². The van der Waals surface area contributed by atoms with Gasteiger partial charge in [-0.1, -0.05) is 18.2 Å². The van der Waals surface area contributed by atoms with Crippen LogP contribution in [0.25, 0.3) is 0 Å². The minimum atomic E-state index is -0.151. The maximum Gasteiger partial charge on any atom is 0.261 e. The molecule has 1 atom stereocenters. The van der Waals surface area contributed by atoms with Crippen LogP contribution in [0.4, 0.5) is 5.69 Å². The zero-order valence-corrected chi connectivity index (χ0v) is 13.0. The molecular formula is C18H14N2O2S. The van der Waals surface area contributed by atoms with Gasteiger partial charge in [0.25, 0.3) is 5.91 Å². The standard InChI is InChI=1S/C18H14N2O2S/c19-11-12-4-6-14(7-5-12)20-18(22)17-9-8-16(23-17)13-2-1-3-15(21)10-13/h1-7,9-10,16,21H,8H2,(H,20,22). The lowest BCUT2D eigenvalue weighted by Gasteiger charge is -2.11. The fourth-order valence-corrected chi connectivity index (χ4v) is 3.49. The van der Waals surface area contributed by atoms with Crippen molar-refractivity contribution in [3.05, 3.63) is 70.6 Å². The van der Waals surface area contributed by atoms with E-state index in [1.165, 1.54) is 11.8 Å². The van der Waals surface area contributed by atoms with E-state index in [2.05, 4.69) is 5.32 Å². The van der Waals surface area contributed by atoms with Gasteiger partial charge in [-0.05, 0) is 48.4 Å². The number of nitrogens with zero attached hydrogens (tertiary/aromatic N) is 1. The average molecular weight is 322 g/mol. The van der Waals surface area contributed by atoms with Crippen LogP contribution >= 0.6 is 11.8 Å². The molecule has 0 saturated heterocycles. The third-order valence-corrected chi connectivity index (χ3v) is 4.88. The van der Waals surface area contributed by atoms with E-state index in [-0.39, 0.29) is 16.9 Å². The highest BCUT2D eigenvalue weighted by Gasteiger charge is 2.24. The maximum atomic E-state index is 12.3. The monoisotopic (exact) mass is 322 g/mol. The van der Waals surface area contributed by atoms with E-state index in [9.17, 15) is 9.90 Å². The third kappa shape index (κ3) is 3.55. The Bertz CT molecular complexity index is 807. The predicted octanol–water partition coefficient (Wildman–Crippen LogP) is 3.96. The lowest BCUT2D eigenvalue weighted by molar-refractivity contribution is -0.112. The van der Waals surface area contributed by atoms with Crippen LogP contribution in [0.15, 0.2) is 59.5 Å². The molecule has 2 N–H and O–H groups in total. The molecule has 1 aliphatic heterocycles. The molecule has 5 heteroatoms. The summed E-state index contributed by atoms with van der Waals surface area (Å²) >= 11 is 1.49. The van der Waals surface area contributed by atoms with Crippen molar-refractivity contribution in [2.75, 3.05) is 5.32 Å². The summed E-state index contributed by atoms with van der Waals surface area (Å²) in [5.74, 6) is 0.0842. The van der Waals surface area contributed by atoms with E-state index in [0.717, 1.165) is 12.0 Å². The van der Waals surface area contributed by atoms with Crippen LogP contribution in [-0.4, -0.2) is 11.0 Å². The largest absolute Gasteiger partial charge is 0.508 e. The number of benzene rings is 2. The molecule has 0 aliphatic carbocycles. The Morgan fingerprint density at radius 2 is 2.04 bits per heavy atom. The summed E-state index contributed by atoms with van der Waals surface area (Å²) in [4.78, 5) is 13.0. The van der Waals surface area contributed by atoms with Crippen molar-refractivity contribution in [3.8, 4) is 11.8 Å². The van der Waals surface area contributed by atoms with E-state index in [1.54, 1.807) is 42.5 Å². The van der Waals surface area contributed by atoms with Crippen LogP contribution in [0, 0.1) is 11.3 Å². The number of phenols is 1. The van der Waals surface area contributed by atoms with Gasteiger partial charge in [0.05, 0.1) is 16.5 Å². The number of carbonyl (C=O) groups is 1. The summed E-state index contributed by atoms with van der Waals surface area (Å²) in [5, 5.41) is 21.3. The zero-order valence-electron chi connectivity index (χ0n) is 12.2. The van der Waals surface area contributed by atoms with Gasteiger partial charge in [-0.25, -0.2) is 0 Å². The number of allylic oxidation sites excluding steroid dienone is 1. The van der Waals surface area contributed by atoms with Crippen LogP contribution in [0.1, 0.15) is 22.8 Å². The van der Waals surface area contributed by atoms with Gasteiger partial charge in [0.1, 0.15) is 5.75 Å². The smallest absolute Gasteiger partial charge is 0.261 e. The SMILES string of the molecule is N#Cc1ccc(NC(=O)C2=CCC(c3cccc(O)c3)S2)cc1. The lowest BCUT2D eigenvalue weighted by atomic mass is 10.1. The van der Waals surface area contributed by atoms with Crippen molar-refractivity contribution in [1.29, 1.82) is 5.26 Å². The first-order chi connectivity index (χ1) is 11.2. The molecule has 3 rings (SSSR count). The Morgan fingerprint density at radius 3 is 2.74 bits per heavy atom. The Labute approximate surface area is 138 Å². The average Bonchev–Trinajstić information content (AvgIpc) is 3.06. The molecule has 1 unspecified atom stereocenters. The number of carbonyl (C=O) groups excluding carboxylic acids is 1. The van der Waals surface area contributed by atoms with E-state index < -0.39 is 0 Å². The van der Waals surface area contributed by atoms with Crippen molar-refractivity contribution in [1.82, 2.24) is 0 Å². The first-order valence-electron chi connectivity index (χ1n) is 7.13. The Morgan fingerprint density at radius 1 is 1.26 bits per heavy atom. The molecule has 114 valence electrons. The van der Waals surface area contributed by atoms with Gasteiger partial charge in [-0.3, -0.25) is 4.79 Å². The first kappa shape index (κ1) is 15.2. The fourth-order valence-electron chi connectivity index (χ4n) is 2.36. The maximum absolute atomic E-state index is 12.3. The molecule has 1 aliphatic rings. The van der Waals surface area contributed by atoms with Gasteiger partial charge < -0.3 is 10.4 Å². The minimum absolute atomic E-state index is 0.142. The van der Waals surface area contributed by atoms with Gasteiger partial charge in [-0.15, -0.1) is 11.8 Å². The molecule has 0 bridgehead atoms. The third-order valence-electron chi connectivity index (χ3n) is 3.52. The number of anilines is 1. The molecule has 4 nitrogen and oxygen atoms in total. The van der Waals surface area contributed by atoms with Crippen LogP contribution in [0.3, 0.4) is 0 Å². The summed E-state index contributed by atoms with van der Waals surface area (Å²) in [6, 6.07) is 15.9. The number of nitriles is 1. The molecule has 0 radical (unpaired) electrons. The van der Waals surface area contributed by atoms with Gasteiger partial charge in [0.2, 0.25) is 0 Å². The van der Waals surface area contributed by atoms with Crippen molar-refractivity contribution >= 4 is 23.4 Å². The zero-order chi connectivity index (χ0) is 16.2. The summed E-state index contributed by atoms with van der Waals surface area (Å²) in [5.41, 5.74) is 2.23. The fraction of sp³-hybridized carbons (Fsp3) is 0.111. The molecule has 0 aromatic heterocycles. The van der Waals surface area contributed by atoms with Crippen LogP contribution in [0.2, 0.25) is 0 Å². The van der Waals surface area contributed by atoms with E-state index in [1.807, 2.05) is 18.2 Å². The summed E-state index contributed by atoms with van der Waals surface area (Å²) < 4.78 is 0. The number of hydrogen-bond donors (Lipinski definition) is 2. The predicted molar refractivity (Wildman–Crippen MR) is 90.9 cm³/mol. The van der Waals surface area contributed by atoms with Gasteiger partial charge >= 0.3 is 0 Å². The molecule has 23 heavy (non-hydrogen) atoms. The van der Waals surface area contributed by atoms with Crippen LogP contribution in [0.5, 0.6) is 5.75 Å². The molecule has 1 amide bonds. The molecule has 2 aromatic carbocycles. The van der Waals surface area contributed by atoms with Crippen molar-refractivity contribution < 1.29 is 9.90 Å². The van der Waals surface area contributed by atoms with Crippen molar-refractivity contribution in [2.45, 2.75) is 11.7 Å². The van der Waals surface area contributed by atoms with Crippen molar-refractivity contribution in [3.63, 3.8) is 0 Å².